The number of unbranched alkanes of at least 4 members (excludes halogenated alkanes) is 1. The third-order valence-electron chi connectivity index (χ3n) is 4.87. The summed E-state index contributed by atoms with van der Waals surface area (Å²) >= 11 is 0. The van der Waals surface area contributed by atoms with E-state index in [-0.39, 0.29) is 0 Å². The van der Waals surface area contributed by atoms with Crippen LogP contribution in [0.5, 0.6) is 0 Å². The van der Waals surface area contributed by atoms with Crippen LogP contribution in [0.3, 0.4) is 0 Å². The Kier molecular flexibility index (Phi) is 6.47. The number of nitrogens with zero attached hydrogens (tertiary/aromatic N) is 3. The van der Waals surface area contributed by atoms with Crippen molar-refractivity contribution in [2.45, 2.75) is 45.1 Å². The second-order valence-electron chi connectivity index (χ2n) is 6.50. The quantitative estimate of drug-likeness (QED) is 0.739. The molecule has 6 heteroatoms. The first-order chi connectivity index (χ1) is 10.0. The molecule has 21 heavy (non-hydrogen) atoms. The van der Waals surface area contributed by atoms with Gasteiger partial charge in [0.15, 0.2) is 0 Å². The van der Waals surface area contributed by atoms with Gasteiger partial charge in [0, 0.05) is 38.8 Å². The maximum absolute atomic E-state index is 12.2. The summed E-state index contributed by atoms with van der Waals surface area (Å²) in [6, 6.07) is 0.655. The van der Waals surface area contributed by atoms with Crippen LogP contribution in [0.25, 0.3) is 0 Å². The molecule has 0 bridgehead atoms. The molecule has 2 rings (SSSR count). The summed E-state index contributed by atoms with van der Waals surface area (Å²) in [6.45, 7) is 7.44. The minimum Gasteiger partial charge on any atom is -0.302 e. The topological polar surface area (TPSA) is 43.9 Å². The van der Waals surface area contributed by atoms with Crippen LogP contribution in [0.15, 0.2) is 0 Å². The molecular formula is C15H31N3O2S. The summed E-state index contributed by atoms with van der Waals surface area (Å²) in [6.07, 6.45) is 5.64. The normalized spacial score (nSPS) is 27.0. The number of sulfonamides is 1. The van der Waals surface area contributed by atoms with E-state index in [9.17, 15) is 8.42 Å². The van der Waals surface area contributed by atoms with Crippen LogP contribution in [0, 0.1) is 0 Å². The van der Waals surface area contributed by atoms with E-state index in [4.69, 9.17) is 0 Å². The lowest BCUT2D eigenvalue weighted by Crippen LogP contribution is -2.53. The van der Waals surface area contributed by atoms with E-state index in [1.165, 1.54) is 25.8 Å². The molecule has 0 aliphatic carbocycles. The molecular weight excluding hydrogens is 286 g/mol. The summed E-state index contributed by atoms with van der Waals surface area (Å²) in [5.41, 5.74) is 0. The molecule has 5 nitrogen and oxygen atoms in total. The first kappa shape index (κ1) is 17.2. The van der Waals surface area contributed by atoms with Gasteiger partial charge in [0.05, 0.1) is 5.75 Å². The monoisotopic (exact) mass is 317 g/mol. The molecule has 0 radical (unpaired) electrons. The molecule has 0 aromatic heterocycles. The van der Waals surface area contributed by atoms with Crippen molar-refractivity contribution in [3.8, 4) is 0 Å². The Morgan fingerprint density at radius 3 is 2.38 bits per heavy atom. The van der Waals surface area contributed by atoms with Gasteiger partial charge in [0.25, 0.3) is 0 Å². The fourth-order valence-corrected chi connectivity index (χ4v) is 4.95. The Hall–Kier alpha value is -0.170. The molecule has 0 spiro atoms. The highest BCUT2D eigenvalue weighted by atomic mass is 32.2. The molecule has 0 aromatic rings. The number of likely N-dealkylation sites (tertiary alicyclic amines) is 1. The van der Waals surface area contributed by atoms with E-state index in [2.05, 4.69) is 16.8 Å². The predicted octanol–water partition coefficient (Wildman–Crippen LogP) is 1.22. The van der Waals surface area contributed by atoms with Crippen molar-refractivity contribution >= 4 is 10.0 Å². The van der Waals surface area contributed by atoms with E-state index < -0.39 is 10.0 Å². The van der Waals surface area contributed by atoms with Gasteiger partial charge in [-0.2, -0.15) is 4.31 Å². The average Bonchev–Trinajstić information content (AvgIpc) is 2.48. The SMILES string of the molecule is CCCCS(=O)(=O)N1CCN(CC2CCCCN2C)CC1. The second kappa shape index (κ2) is 7.90. The van der Waals surface area contributed by atoms with Crippen LogP contribution in [0.4, 0.5) is 0 Å². The molecule has 0 amide bonds. The summed E-state index contributed by atoms with van der Waals surface area (Å²) in [7, 11) is -0.799. The van der Waals surface area contributed by atoms with E-state index in [0.29, 0.717) is 24.9 Å². The number of likely N-dealkylation sites (N-methyl/N-ethyl adjacent to an activating group) is 1. The van der Waals surface area contributed by atoms with Crippen LogP contribution >= 0.6 is 0 Å². The van der Waals surface area contributed by atoms with Crippen molar-refractivity contribution in [2.24, 2.45) is 0 Å². The van der Waals surface area contributed by atoms with Crippen molar-refractivity contribution in [1.82, 2.24) is 14.1 Å². The average molecular weight is 317 g/mol. The summed E-state index contributed by atoms with van der Waals surface area (Å²) in [4.78, 5) is 4.91. The molecule has 0 N–H and O–H groups in total. The zero-order valence-electron chi connectivity index (χ0n) is 13.6. The molecule has 0 aromatic carbocycles. The Labute approximate surface area is 130 Å². The zero-order valence-corrected chi connectivity index (χ0v) is 14.4. The number of piperidine rings is 1. The third-order valence-corrected chi connectivity index (χ3v) is 6.83. The van der Waals surface area contributed by atoms with Crippen LogP contribution in [-0.2, 0) is 10.0 Å². The van der Waals surface area contributed by atoms with Crippen molar-refractivity contribution in [3.63, 3.8) is 0 Å². The van der Waals surface area contributed by atoms with E-state index in [1.54, 1.807) is 4.31 Å². The van der Waals surface area contributed by atoms with Gasteiger partial charge in [0.1, 0.15) is 0 Å². The fraction of sp³-hybridized carbons (Fsp3) is 1.00. The molecule has 2 saturated heterocycles. The van der Waals surface area contributed by atoms with Crippen molar-refractivity contribution in [1.29, 1.82) is 0 Å². The van der Waals surface area contributed by atoms with Gasteiger partial charge in [-0.05, 0) is 32.9 Å². The molecule has 1 unspecified atom stereocenters. The minimum absolute atomic E-state index is 0.314. The van der Waals surface area contributed by atoms with Crippen LogP contribution < -0.4 is 0 Å². The van der Waals surface area contributed by atoms with Gasteiger partial charge in [-0.25, -0.2) is 8.42 Å². The Bertz CT molecular complexity index is 405. The summed E-state index contributed by atoms with van der Waals surface area (Å²) in [5, 5.41) is 0. The smallest absolute Gasteiger partial charge is 0.214 e. The van der Waals surface area contributed by atoms with E-state index >= 15 is 0 Å². The van der Waals surface area contributed by atoms with Crippen molar-refractivity contribution < 1.29 is 8.42 Å². The van der Waals surface area contributed by atoms with Crippen molar-refractivity contribution in [2.75, 3.05) is 52.1 Å². The Morgan fingerprint density at radius 1 is 1.05 bits per heavy atom. The largest absolute Gasteiger partial charge is 0.302 e. The minimum atomic E-state index is -3.02. The number of rotatable bonds is 6. The number of piperazine rings is 1. The van der Waals surface area contributed by atoms with Crippen LogP contribution in [0.1, 0.15) is 39.0 Å². The van der Waals surface area contributed by atoms with Gasteiger partial charge in [-0.3, -0.25) is 4.90 Å². The first-order valence-electron chi connectivity index (χ1n) is 8.43. The Morgan fingerprint density at radius 2 is 1.76 bits per heavy atom. The van der Waals surface area contributed by atoms with Gasteiger partial charge in [-0.1, -0.05) is 19.8 Å². The molecule has 2 aliphatic heterocycles. The predicted molar refractivity (Wildman–Crippen MR) is 87.0 cm³/mol. The lowest BCUT2D eigenvalue weighted by molar-refractivity contribution is 0.106. The van der Waals surface area contributed by atoms with Gasteiger partial charge in [-0.15, -0.1) is 0 Å². The van der Waals surface area contributed by atoms with Crippen LogP contribution in [-0.4, -0.2) is 80.6 Å². The number of hydrogen-bond acceptors (Lipinski definition) is 4. The van der Waals surface area contributed by atoms with Gasteiger partial charge in [0.2, 0.25) is 10.0 Å². The van der Waals surface area contributed by atoms with Gasteiger partial charge < -0.3 is 4.90 Å². The molecule has 1 atom stereocenters. The van der Waals surface area contributed by atoms with Crippen molar-refractivity contribution in [3.05, 3.63) is 0 Å². The fourth-order valence-electron chi connectivity index (χ4n) is 3.32. The van der Waals surface area contributed by atoms with E-state index in [0.717, 1.165) is 32.5 Å². The summed E-state index contributed by atoms with van der Waals surface area (Å²) in [5.74, 6) is 0.314. The maximum Gasteiger partial charge on any atom is 0.214 e. The number of hydrogen-bond donors (Lipinski definition) is 0. The highest BCUT2D eigenvalue weighted by molar-refractivity contribution is 7.89. The lowest BCUT2D eigenvalue weighted by Gasteiger charge is -2.39. The molecule has 0 saturated carbocycles. The molecule has 2 fully saturated rings. The molecule has 124 valence electrons. The zero-order chi connectivity index (χ0) is 15.3. The summed E-state index contributed by atoms with van der Waals surface area (Å²) < 4.78 is 26.1. The Balaban J connectivity index is 1.77. The standard InChI is InChI=1S/C15H31N3O2S/c1-3-4-13-21(19,20)18-11-9-17(10-12-18)14-15-7-5-6-8-16(15)2/h15H,3-14H2,1-2H3. The van der Waals surface area contributed by atoms with Crippen LogP contribution in [0.2, 0.25) is 0 Å². The highest BCUT2D eigenvalue weighted by Gasteiger charge is 2.28. The molecule has 2 aliphatic rings. The lowest BCUT2D eigenvalue weighted by atomic mass is 10.0. The third kappa shape index (κ3) is 4.91. The van der Waals surface area contributed by atoms with E-state index in [1.807, 2.05) is 6.92 Å². The van der Waals surface area contributed by atoms with Gasteiger partial charge >= 0.3 is 0 Å². The molecule has 2 heterocycles. The second-order valence-corrected chi connectivity index (χ2v) is 8.59. The highest BCUT2D eigenvalue weighted by Crippen LogP contribution is 2.17. The maximum atomic E-state index is 12.2. The first-order valence-corrected chi connectivity index (χ1v) is 10.0.